The van der Waals surface area contributed by atoms with Gasteiger partial charge in [-0.2, -0.15) is 0 Å². The molecule has 2 N–H and O–H groups in total. The minimum atomic E-state index is 0.0492. The number of carbonyl (C=O) groups is 1. The fraction of sp³-hybridized carbons (Fsp3) is 0.400. The molecule has 0 spiro atoms. The standard InChI is InChI=1S/C20H23ClN6O2/c1-29-12-18(28)27-6-2-3-13(11-27)8-23-17-4-5-22-20(26-17)16-10-25-19-15(16)7-14(21)9-24-19/h4-5,7,9-10,13H,2-3,6,8,11-12H2,1H3,(H,24,25)(H,22,23,26)/t13-/m1/s1. The van der Waals surface area contributed by atoms with Crippen molar-refractivity contribution >= 4 is 34.4 Å². The van der Waals surface area contributed by atoms with Crippen LogP contribution in [0.25, 0.3) is 22.4 Å². The van der Waals surface area contributed by atoms with Gasteiger partial charge in [0.25, 0.3) is 0 Å². The number of likely N-dealkylation sites (tertiary alicyclic amines) is 1. The Morgan fingerprint density at radius 1 is 1.45 bits per heavy atom. The highest BCUT2D eigenvalue weighted by Crippen LogP contribution is 2.27. The van der Waals surface area contributed by atoms with Gasteiger partial charge in [-0.3, -0.25) is 4.79 Å². The van der Waals surface area contributed by atoms with E-state index in [0.717, 1.165) is 54.9 Å². The van der Waals surface area contributed by atoms with Crippen molar-refractivity contribution in [3.63, 3.8) is 0 Å². The highest BCUT2D eigenvalue weighted by atomic mass is 35.5. The van der Waals surface area contributed by atoms with Gasteiger partial charge < -0.3 is 19.9 Å². The van der Waals surface area contributed by atoms with Crippen LogP contribution in [-0.2, 0) is 9.53 Å². The number of methoxy groups -OCH3 is 1. The molecule has 0 saturated carbocycles. The maximum absolute atomic E-state index is 12.1. The van der Waals surface area contributed by atoms with E-state index in [4.69, 9.17) is 16.3 Å². The number of carbonyl (C=O) groups excluding carboxylic acids is 1. The first kappa shape index (κ1) is 19.6. The van der Waals surface area contributed by atoms with Crippen molar-refractivity contribution in [3.05, 3.63) is 35.7 Å². The van der Waals surface area contributed by atoms with Gasteiger partial charge in [0.1, 0.15) is 18.1 Å². The van der Waals surface area contributed by atoms with E-state index >= 15 is 0 Å². The third-order valence-corrected chi connectivity index (χ3v) is 5.31. The Morgan fingerprint density at radius 3 is 3.21 bits per heavy atom. The number of aromatic nitrogens is 4. The monoisotopic (exact) mass is 414 g/mol. The van der Waals surface area contributed by atoms with Crippen molar-refractivity contribution in [2.24, 2.45) is 5.92 Å². The number of anilines is 1. The number of halogens is 1. The number of ether oxygens (including phenoxy) is 1. The number of H-pyrrole nitrogens is 1. The average molecular weight is 415 g/mol. The molecule has 0 aromatic carbocycles. The second-order valence-electron chi connectivity index (χ2n) is 7.18. The molecule has 0 bridgehead atoms. The summed E-state index contributed by atoms with van der Waals surface area (Å²) >= 11 is 6.09. The molecule has 4 rings (SSSR count). The fourth-order valence-corrected chi connectivity index (χ4v) is 3.83. The van der Waals surface area contributed by atoms with Crippen molar-refractivity contribution in [2.45, 2.75) is 12.8 Å². The molecular formula is C20H23ClN6O2. The summed E-state index contributed by atoms with van der Waals surface area (Å²) in [6.07, 6.45) is 7.26. The number of aromatic amines is 1. The van der Waals surface area contributed by atoms with E-state index in [-0.39, 0.29) is 12.5 Å². The van der Waals surface area contributed by atoms with Gasteiger partial charge in [0, 0.05) is 56.3 Å². The zero-order valence-electron chi connectivity index (χ0n) is 16.2. The molecule has 1 aliphatic rings. The van der Waals surface area contributed by atoms with Crippen molar-refractivity contribution in [1.82, 2.24) is 24.8 Å². The highest BCUT2D eigenvalue weighted by molar-refractivity contribution is 6.31. The zero-order valence-corrected chi connectivity index (χ0v) is 16.9. The Hall–Kier alpha value is -2.71. The van der Waals surface area contributed by atoms with Crippen LogP contribution in [0.1, 0.15) is 12.8 Å². The van der Waals surface area contributed by atoms with Crippen LogP contribution in [0.2, 0.25) is 5.02 Å². The molecule has 1 fully saturated rings. The summed E-state index contributed by atoms with van der Waals surface area (Å²) in [5.74, 6) is 1.78. The molecule has 1 aliphatic heterocycles. The van der Waals surface area contributed by atoms with Crippen LogP contribution in [0.5, 0.6) is 0 Å². The Balaban J connectivity index is 1.44. The largest absolute Gasteiger partial charge is 0.375 e. The van der Waals surface area contributed by atoms with Gasteiger partial charge in [-0.25, -0.2) is 15.0 Å². The molecule has 0 radical (unpaired) electrons. The van der Waals surface area contributed by atoms with Crippen LogP contribution < -0.4 is 5.32 Å². The lowest BCUT2D eigenvalue weighted by molar-refractivity contribution is -0.136. The molecule has 1 atom stereocenters. The number of rotatable bonds is 6. The summed E-state index contributed by atoms with van der Waals surface area (Å²) in [7, 11) is 1.55. The summed E-state index contributed by atoms with van der Waals surface area (Å²) in [6, 6.07) is 3.70. The quantitative estimate of drug-likeness (QED) is 0.643. The molecule has 3 aromatic heterocycles. The number of nitrogens with zero attached hydrogens (tertiary/aromatic N) is 4. The number of amides is 1. The highest BCUT2D eigenvalue weighted by Gasteiger charge is 2.23. The van der Waals surface area contributed by atoms with Crippen LogP contribution in [-0.4, -0.2) is 64.1 Å². The predicted molar refractivity (Wildman–Crippen MR) is 112 cm³/mol. The minimum Gasteiger partial charge on any atom is -0.375 e. The van der Waals surface area contributed by atoms with Gasteiger partial charge in [-0.05, 0) is 30.9 Å². The smallest absolute Gasteiger partial charge is 0.248 e. The van der Waals surface area contributed by atoms with Gasteiger partial charge in [0.05, 0.1) is 5.02 Å². The second kappa shape index (κ2) is 8.75. The van der Waals surface area contributed by atoms with Crippen LogP contribution in [0.4, 0.5) is 5.82 Å². The van der Waals surface area contributed by atoms with E-state index in [2.05, 4.69) is 25.3 Å². The van der Waals surface area contributed by atoms with Gasteiger partial charge in [0.2, 0.25) is 5.91 Å². The summed E-state index contributed by atoms with van der Waals surface area (Å²) in [5, 5.41) is 4.85. The zero-order chi connectivity index (χ0) is 20.2. The summed E-state index contributed by atoms with van der Waals surface area (Å²) in [5.41, 5.74) is 1.60. The third kappa shape index (κ3) is 4.49. The molecule has 29 heavy (non-hydrogen) atoms. The van der Waals surface area contributed by atoms with E-state index in [1.807, 2.05) is 23.2 Å². The fourth-order valence-electron chi connectivity index (χ4n) is 3.67. The van der Waals surface area contributed by atoms with E-state index in [0.29, 0.717) is 16.8 Å². The second-order valence-corrected chi connectivity index (χ2v) is 7.62. The van der Waals surface area contributed by atoms with Crippen molar-refractivity contribution < 1.29 is 9.53 Å². The summed E-state index contributed by atoms with van der Waals surface area (Å²) in [4.78, 5) is 30.4. The first-order chi connectivity index (χ1) is 14.1. The lowest BCUT2D eigenvalue weighted by Gasteiger charge is -2.32. The maximum Gasteiger partial charge on any atom is 0.248 e. The molecule has 1 saturated heterocycles. The minimum absolute atomic E-state index is 0.0492. The Bertz CT molecular complexity index is 1010. The van der Waals surface area contributed by atoms with E-state index in [1.54, 1.807) is 19.5 Å². The summed E-state index contributed by atoms with van der Waals surface area (Å²) < 4.78 is 4.97. The van der Waals surface area contributed by atoms with Crippen LogP contribution in [0.15, 0.2) is 30.7 Å². The topological polar surface area (TPSA) is 96.0 Å². The normalized spacial score (nSPS) is 16.9. The molecule has 3 aromatic rings. The number of nitrogens with one attached hydrogen (secondary N) is 2. The predicted octanol–water partition coefficient (Wildman–Crippen LogP) is 2.97. The maximum atomic E-state index is 12.1. The van der Waals surface area contributed by atoms with Crippen molar-refractivity contribution in [3.8, 4) is 11.4 Å². The van der Waals surface area contributed by atoms with Crippen molar-refractivity contribution in [1.29, 1.82) is 0 Å². The van der Waals surface area contributed by atoms with Gasteiger partial charge in [0.15, 0.2) is 5.82 Å². The van der Waals surface area contributed by atoms with Crippen molar-refractivity contribution in [2.75, 3.05) is 38.7 Å². The number of pyridine rings is 1. The molecule has 9 heteroatoms. The summed E-state index contributed by atoms with van der Waals surface area (Å²) in [6.45, 7) is 2.42. The van der Waals surface area contributed by atoms with Gasteiger partial charge >= 0.3 is 0 Å². The van der Waals surface area contributed by atoms with E-state index in [9.17, 15) is 4.79 Å². The van der Waals surface area contributed by atoms with E-state index < -0.39 is 0 Å². The lowest BCUT2D eigenvalue weighted by atomic mass is 9.98. The molecule has 8 nitrogen and oxygen atoms in total. The molecule has 4 heterocycles. The average Bonchev–Trinajstić information content (AvgIpc) is 3.16. The van der Waals surface area contributed by atoms with Crippen LogP contribution in [0.3, 0.4) is 0 Å². The molecule has 1 amide bonds. The number of hydrogen-bond acceptors (Lipinski definition) is 6. The molecular weight excluding hydrogens is 392 g/mol. The third-order valence-electron chi connectivity index (χ3n) is 5.11. The number of fused-ring (bicyclic) bond motifs is 1. The first-order valence-electron chi connectivity index (χ1n) is 9.60. The van der Waals surface area contributed by atoms with Crippen LogP contribution >= 0.6 is 11.6 Å². The van der Waals surface area contributed by atoms with Gasteiger partial charge in [-0.1, -0.05) is 11.6 Å². The Kier molecular flexibility index (Phi) is 5.92. The molecule has 152 valence electrons. The molecule has 0 unspecified atom stereocenters. The Morgan fingerprint density at radius 2 is 2.34 bits per heavy atom. The SMILES string of the molecule is COCC(=O)N1CCC[C@H](CNc2ccnc(-c3c[nH]c4ncc(Cl)cc34)n2)C1. The lowest BCUT2D eigenvalue weighted by Crippen LogP contribution is -2.43. The first-order valence-corrected chi connectivity index (χ1v) is 9.98. The molecule has 0 aliphatic carbocycles. The van der Waals surface area contributed by atoms with Gasteiger partial charge in [-0.15, -0.1) is 0 Å². The number of hydrogen-bond donors (Lipinski definition) is 2. The Labute approximate surface area is 173 Å². The number of piperidine rings is 1. The van der Waals surface area contributed by atoms with E-state index in [1.165, 1.54) is 0 Å². The van der Waals surface area contributed by atoms with Crippen LogP contribution in [0, 0.1) is 5.92 Å².